The van der Waals surface area contributed by atoms with Crippen molar-refractivity contribution in [3.05, 3.63) is 180 Å². The summed E-state index contributed by atoms with van der Waals surface area (Å²) in [5.41, 5.74) is 18.8. The highest BCUT2D eigenvalue weighted by Gasteiger charge is 2.46. The van der Waals surface area contributed by atoms with Crippen molar-refractivity contribution in [2.75, 3.05) is 0 Å². The second-order valence-corrected chi connectivity index (χ2v) is 15.2. The van der Waals surface area contributed by atoms with Crippen LogP contribution < -0.4 is 0 Å². The third kappa shape index (κ3) is 3.88. The van der Waals surface area contributed by atoms with Crippen LogP contribution in [0.25, 0.3) is 77.2 Å². The van der Waals surface area contributed by atoms with Crippen molar-refractivity contribution in [1.29, 1.82) is 0 Å². The van der Waals surface area contributed by atoms with Gasteiger partial charge in [0.1, 0.15) is 0 Å². The molecule has 0 atom stereocenters. The predicted molar refractivity (Wildman–Crippen MR) is 213 cm³/mol. The molecule has 8 aromatic rings. The summed E-state index contributed by atoms with van der Waals surface area (Å²) in [6.07, 6.45) is 0. The first kappa shape index (κ1) is 29.2. The molecule has 0 fully saturated rings. The average Bonchev–Trinajstić information content (AvgIpc) is 3.53. The van der Waals surface area contributed by atoms with Gasteiger partial charge in [0.15, 0.2) is 0 Å². The molecule has 0 saturated carbocycles. The topological polar surface area (TPSA) is 0 Å². The van der Waals surface area contributed by atoms with E-state index in [0.29, 0.717) is 0 Å². The van der Waals surface area contributed by atoms with Gasteiger partial charge in [0.25, 0.3) is 0 Å². The minimum Gasteiger partial charge on any atom is -0.0622 e. The Labute approximate surface area is 294 Å². The third-order valence-corrected chi connectivity index (χ3v) is 11.8. The van der Waals surface area contributed by atoms with E-state index in [0.717, 1.165) is 0 Å². The maximum absolute atomic E-state index is 2.51. The highest BCUT2D eigenvalue weighted by Crippen LogP contribution is 2.61. The molecule has 50 heavy (non-hydrogen) atoms. The van der Waals surface area contributed by atoms with E-state index in [1.54, 1.807) is 0 Å². The van der Waals surface area contributed by atoms with Gasteiger partial charge in [0.05, 0.1) is 0 Å². The highest BCUT2D eigenvalue weighted by atomic mass is 14.5. The van der Waals surface area contributed by atoms with Gasteiger partial charge in [0, 0.05) is 10.8 Å². The molecule has 0 amide bonds. The molecule has 0 heteroatoms. The van der Waals surface area contributed by atoms with Crippen LogP contribution in [-0.2, 0) is 10.8 Å². The van der Waals surface area contributed by atoms with Crippen LogP contribution in [0.4, 0.5) is 0 Å². The first-order valence-corrected chi connectivity index (χ1v) is 17.9. The van der Waals surface area contributed by atoms with Crippen molar-refractivity contribution in [2.45, 2.75) is 38.5 Å². The molecule has 0 radical (unpaired) electrons. The van der Waals surface area contributed by atoms with Crippen LogP contribution in [-0.4, -0.2) is 0 Å². The summed E-state index contributed by atoms with van der Waals surface area (Å²) in [4.78, 5) is 0. The van der Waals surface area contributed by atoms with E-state index in [9.17, 15) is 0 Å². The molecule has 238 valence electrons. The summed E-state index contributed by atoms with van der Waals surface area (Å²) in [7, 11) is 0. The summed E-state index contributed by atoms with van der Waals surface area (Å²) in [6.45, 7) is 9.70. The Morgan fingerprint density at radius 3 is 1.30 bits per heavy atom. The summed E-state index contributed by atoms with van der Waals surface area (Å²) < 4.78 is 0. The van der Waals surface area contributed by atoms with Gasteiger partial charge in [-0.2, -0.15) is 0 Å². The lowest BCUT2D eigenvalue weighted by Gasteiger charge is -2.31. The van der Waals surface area contributed by atoms with E-state index in [4.69, 9.17) is 0 Å². The second-order valence-electron chi connectivity index (χ2n) is 15.2. The Hall–Kier alpha value is -5.72. The summed E-state index contributed by atoms with van der Waals surface area (Å²) in [6, 6.07) is 58.8. The molecule has 0 aliphatic heterocycles. The van der Waals surface area contributed by atoms with Gasteiger partial charge >= 0.3 is 0 Å². The van der Waals surface area contributed by atoms with E-state index >= 15 is 0 Å². The van der Waals surface area contributed by atoms with Gasteiger partial charge in [-0.3, -0.25) is 0 Å². The zero-order valence-electron chi connectivity index (χ0n) is 29.0. The van der Waals surface area contributed by atoms with Crippen molar-refractivity contribution >= 4 is 21.5 Å². The number of benzene rings is 8. The number of hydrogen-bond acceptors (Lipinski definition) is 0. The lowest BCUT2D eigenvalue weighted by molar-refractivity contribution is 0.601. The normalized spacial score (nSPS) is 14.7. The second kappa shape index (κ2) is 10.4. The molecule has 2 aliphatic rings. The highest BCUT2D eigenvalue weighted by molar-refractivity contribution is 6.21. The zero-order chi connectivity index (χ0) is 33.8. The molecule has 0 spiro atoms. The average molecular weight is 639 g/mol. The Kier molecular flexibility index (Phi) is 6.07. The van der Waals surface area contributed by atoms with Crippen molar-refractivity contribution in [3.63, 3.8) is 0 Å². The van der Waals surface area contributed by atoms with Crippen LogP contribution in [0.1, 0.15) is 49.9 Å². The summed E-state index contributed by atoms with van der Waals surface area (Å²) in [5, 5.41) is 5.14. The van der Waals surface area contributed by atoms with E-state index < -0.39 is 0 Å². The molecule has 8 aromatic carbocycles. The third-order valence-electron chi connectivity index (χ3n) is 11.8. The molecule has 0 unspecified atom stereocenters. The molecule has 2 aliphatic carbocycles. The lowest BCUT2D eigenvalue weighted by Crippen LogP contribution is -2.24. The van der Waals surface area contributed by atoms with Crippen LogP contribution in [0.15, 0.2) is 158 Å². The largest absolute Gasteiger partial charge is 0.0622 e. The van der Waals surface area contributed by atoms with Gasteiger partial charge in [-0.25, -0.2) is 0 Å². The van der Waals surface area contributed by atoms with Crippen molar-refractivity contribution in [2.24, 2.45) is 0 Å². The van der Waals surface area contributed by atoms with Crippen LogP contribution in [0.5, 0.6) is 0 Å². The summed E-state index contributed by atoms with van der Waals surface area (Å²) >= 11 is 0. The SMILES string of the molecule is CC1(C)c2ccccc2-c2cc(-c3ccc(-c4c5ccccc5c(-c5ccccc5)c5ccccc45)cc3)c3c(c21)C(C)(C)c1ccccc1-3. The van der Waals surface area contributed by atoms with Crippen molar-refractivity contribution < 1.29 is 0 Å². The van der Waals surface area contributed by atoms with E-state index in [2.05, 4.69) is 185 Å². The van der Waals surface area contributed by atoms with Gasteiger partial charge < -0.3 is 0 Å². The van der Waals surface area contributed by atoms with Gasteiger partial charge in [-0.05, 0) is 105 Å². The minimum absolute atomic E-state index is 0.0776. The molecule has 0 nitrogen and oxygen atoms in total. The fourth-order valence-corrected chi connectivity index (χ4v) is 9.63. The maximum Gasteiger partial charge on any atom is 0.0162 e. The standard InChI is InChI=1S/C50H38/c1-49(2)42-24-14-12-18-34(42)41-30-40(46-39-23-13-15-25-43(39)50(3,4)48(46)47(41)49)31-26-28-33(29-27-31)45-37-21-10-8-19-35(37)44(32-16-6-5-7-17-32)36-20-9-11-22-38(36)45/h5-30H,1-4H3. The Morgan fingerprint density at radius 1 is 0.300 bits per heavy atom. The monoisotopic (exact) mass is 638 g/mol. The van der Waals surface area contributed by atoms with E-state index in [1.165, 1.54) is 99.4 Å². The smallest absolute Gasteiger partial charge is 0.0162 e. The van der Waals surface area contributed by atoms with E-state index in [-0.39, 0.29) is 10.8 Å². The molecular weight excluding hydrogens is 601 g/mol. The molecule has 10 rings (SSSR count). The van der Waals surface area contributed by atoms with Gasteiger partial charge in [-0.15, -0.1) is 0 Å². The molecule has 0 N–H and O–H groups in total. The van der Waals surface area contributed by atoms with Crippen LogP contribution in [0.3, 0.4) is 0 Å². The Balaban J connectivity index is 1.22. The summed E-state index contributed by atoms with van der Waals surface area (Å²) in [5.74, 6) is 0. The predicted octanol–water partition coefficient (Wildman–Crippen LogP) is 13.6. The number of fused-ring (bicyclic) bond motifs is 9. The quantitative estimate of drug-likeness (QED) is 0.169. The lowest BCUT2D eigenvalue weighted by atomic mass is 9.71. The van der Waals surface area contributed by atoms with Crippen molar-refractivity contribution in [3.8, 4) is 55.6 Å². The molecule has 0 saturated heterocycles. The Bertz CT molecular complexity index is 2610. The minimum atomic E-state index is -0.108. The number of hydrogen-bond donors (Lipinski definition) is 0. The maximum atomic E-state index is 2.51. The molecule has 0 bridgehead atoms. The first-order chi connectivity index (χ1) is 24.4. The van der Waals surface area contributed by atoms with Gasteiger partial charge in [0.2, 0.25) is 0 Å². The van der Waals surface area contributed by atoms with Crippen molar-refractivity contribution in [1.82, 2.24) is 0 Å². The fourth-order valence-electron chi connectivity index (χ4n) is 9.63. The number of rotatable bonds is 3. The van der Waals surface area contributed by atoms with Crippen LogP contribution >= 0.6 is 0 Å². The fraction of sp³-hybridized carbons (Fsp3) is 0.120. The first-order valence-electron chi connectivity index (χ1n) is 17.9. The zero-order valence-corrected chi connectivity index (χ0v) is 29.0. The molecule has 0 heterocycles. The Morgan fingerprint density at radius 2 is 0.720 bits per heavy atom. The van der Waals surface area contributed by atoms with Gasteiger partial charge in [-0.1, -0.05) is 179 Å². The molecule has 0 aromatic heterocycles. The van der Waals surface area contributed by atoms with Crippen LogP contribution in [0, 0.1) is 0 Å². The molecular formula is C50H38. The van der Waals surface area contributed by atoms with E-state index in [1.807, 2.05) is 0 Å². The van der Waals surface area contributed by atoms with Crippen LogP contribution in [0.2, 0.25) is 0 Å².